The Morgan fingerprint density at radius 3 is 2.68 bits per heavy atom. The second-order valence-corrected chi connectivity index (χ2v) is 5.54. The average molecular weight is 259 g/mol. The van der Waals surface area contributed by atoms with Gasteiger partial charge >= 0.3 is 0 Å². The lowest BCUT2D eigenvalue weighted by atomic mass is 10.1. The van der Waals surface area contributed by atoms with E-state index >= 15 is 0 Å². The van der Waals surface area contributed by atoms with Crippen LogP contribution in [0.15, 0.2) is 29.3 Å². The van der Waals surface area contributed by atoms with E-state index in [0.29, 0.717) is 6.04 Å². The Bertz CT molecular complexity index is 453. The van der Waals surface area contributed by atoms with Crippen molar-refractivity contribution < 1.29 is 0 Å². The van der Waals surface area contributed by atoms with Gasteiger partial charge in [0, 0.05) is 26.2 Å². The van der Waals surface area contributed by atoms with Crippen LogP contribution < -0.4 is 5.32 Å². The number of aliphatic imine (C=N–C) groups is 1. The summed E-state index contributed by atoms with van der Waals surface area (Å²) < 4.78 is 0. The molecule has 0 aromatic heterocycles. The Morgan fingerprint density at radius 2 is 2.11 bits per heavy atom. The van der Waals surface area contributed by atoms with E-state index in [1.54, 1.807) is 0 Å². The van der Waals surface area contributed by atoms with E-state index in [4.69, 9.17) is 0 Å². The van der Waals surface area contributed by atoms with Gasteiger partial charge in [-0.25, -0.2) is 0 Å². The van der Waals surface area contributed by atoms with Crippen LogP contribution in [-0.4, -0.2) is 30.5 Å². The maximum absolute atomic E-state index is 4.60. The molecular weight excluding hydrogens is 234 g/mol. The van der Waals surface area contributed by atoms with Crippen molar-refractivity contribution in [2.75, 3.05) is 13.6 Å². The SMILES string of the molecule is CCN=C(NC1CC1C)N(C)Cc1ccccc1C. The molecule has 0 amide bonds. The predicted octanol–water partition coefficient (Wildman–Crippen LogP) is 2.80. The van der Waals surface area contributed by atoms with Crippen molar-refractivity contribution in [2.45, 2.75) is 39.8 Å². The summed E-state index contributed by atoms with van der Waals surface area (Å²) in [7, 11) is 2.11. The molecule has 2 unspecified atom stereocenters. The van der Waals surface area contributed by atoms with Crippen LogP contribution in [0.5, 0.6) is 0 Å². The molecule has 1 aromatic rings. The molecule has 19 heavy (non-hydrogen) atoms. The van der Waals surface area contributed by atoms with Crippen LogP contribution in [0.3, 0.4) is 0 Å². The highest BCUT2D eigenvalue weighted by molar-refractivity contribution is 5.80. The van der Waals surface area contributed by atoms with Gasteiger partial charge in [-0.2, -0.15) is 0 Å². The molecule has 0 bridgehead atoms. The van der Waals surface area contributed by atoms with E-state index in [1.165, 1.54) is 17.5 Å². The average Bonchev–Trinajstić information content (AvgIpc) is 3.07. The Balaban J connectivity index is 2.01. The molecular formula is C16H25N3. The molecule has 1 saturated carbocycles. The standard InChI is InChI=1S/C16H25N3/c1-5-17-16(18-15-10-13(15)3)19(4)11-14-9-7-6-8-12(14)2/h6-9,13,15H,5,10-11H2,1-4H3,(H,17,18). The highest BCUT2D eigenvalue weighted by atomic mass is 15.3. The normalized spacial score (nSPS) is 22.2. The Kier molecular flexibility index (Phi) is 4.46. The molecule has 0 aliphatic heterocycles. The van der Waals surface area contributed by atoms with Crippen LogP contribution in [0.4, 0.5) is 0 Å². The minimum absolute atomic E-state index is 0.615. The van der Waals surface area contributed by atoms with Gasteiger partial charge in [0.2, 0.25) is 0 Å². The lowest BCUT2D eigenvalue weighted by Crippen LogP contribution is -2.40. The number of aryl methyl sites for hydroxylation is 1. The molecule has 3 heteroatoms. The van der Waals surface area contributed by atoms with E-state index in [1.807, 2.05) is 0 Å². The first kappa shape index (κ1) is 13.9. The fraction of sp³-hybridized carbons (Fsp3) is 0.562. The van der Waals surface area contributed by atoms with E-state index in [9.17, 15) is 0 Å². The van der Waals surface area contributed by atoms with Crippen LogP contribution in [0, 0.1) is 12.8 Å². The molecule has 1 fully saturated rings. The highest BCUT2D eigenvalue weighted by Gasteiger charge is 2.33. The topological polar surface area (TPSA) is 27.6 Å². The van der Waals surface area contributed by atoms with Gasteiger partial charge < -0.3 is 10.2 Å². The van der Waals surface area contributed by atoms with Crippen LogP contribution >= 0.6 is 0 Å². The van der Waals surface area contributed by atoms with Gasteiger partial charge in [-0.1, -0.05) is 31.2 Å². The first-order valence-electron chi connectivity index (χ1n) is 7.18. The number of nitrogens with zero attached hydrogens (tertiary/aromatic N) is 2. The van der Waals surface area contributed by atoms with Crippen LogP contribution in [-0.2, 0) is 6.54 Å². The van der Waals surface area contributed by atoms with Crippen LogP contribution in [0.25, 0.3) is 0 Å². The van der Waals surface area contributed by atoms with Crippen LogP contribution in [0.2, 0.25) is 0 Å². The summed E-state index contributed by atoms with van der Waals surface area (Å²) in [6, 6.07) is 9.16. The van der Waals surface area contributed by atoms with Crippen molar-refractivity contribution in [1.82, 2.24) is 10.2 Å². The van der Waals surface area contributed by atoms with Gasteiger partial charge in [-0.05, 0) is 37.3 Å². The number of guanidine groups is 1. The smallest absolute Gasteiger partial charge is 0.194 e. The summed E-state index contributed by atoms with van der Waals surface area (Å²) in [6.45, 7) is 8.25. The number of benzene rings is 1. The molecule has 2 atom stereocenters. The number of hydrogen-bond acceptors (Lipinski definition) is 1. The Labute approximate surface area is 116 Å². The molecule has 1 N–H and O–H groups in total. The van der Waals surface area contributed by atoms with Crippen molar-refractivity contribution in [1.29, 1.82) is 0 Å². The fourth-order valence-electron chi connectivity index (χ4n) is 2.23. The van der Waals surface area contributed by atoms with E-state index in [0.717, 1.165) is 25.0 Å². The molecule has 0 spiro atoms. The molecule has 104 valence electrons. The maximum atomic E-state index is 4.60. The first-order chi connectivity index (χ1) is 9.11. The highest BCUT2D eigenvalue weighted by Crippen LogP contribution is 2.29. The monoisotopic (exact) mass is 259 g/mol. The second-order valence-electron chi connectivity index (χ2n) is 5.54. The zero-order chi connectivity index (χ0) is 13.8. The molecule has 1 aliphatic carbocycles. The first-order valence-corrected chi connectivity index (χ1v) is 7.18. The summed E-state index contributed by atoms with van der Waals surface area (Å²) in [5, 5.41) is 3.56. The van der Waals surface area contributed by atoms with E-state index < -0.39 is 0 Å². The predicted molar refractivity (Wildman–Crippen MR) is 81.3 cm³/mol. The number of nitrogens with one attached hydrogen (secondary N) is 1. The zero-order valence-corrected chi connectivity index (χ0v) is 12.5. The molecule has 1 aromatic carbocycles. The quantitative estimate of drug-likeness (QED) is 0.665. The zero-order valence-electron chi connectivity index (χ0n) is 12.5. The summed E-state index contributed by atoms with van der Waals surface area (Å²) in [4.78, 5) is 6.82. The van der Waals surface area contributed by atoms with Gasteiger partial charge in [0.15, 0.2) is 5.96 Å². The lowest BCUT2D eigenvalue weighted by Gasteiger charge is -2.23. The number of rotatable bonds is 4. The van der Waals surface area contributed by atoms with Gasteiger partial charge in [-0.3, -0.25) is 4.99 Å². The molecule has 0 radical (unpaired) electrons. The molecule has 0 saturated heterocycles. The summed E-state index contributed by atoms with van der Waals surface area (Å²) in [6.07, 6.45) is 1.26. The molecule has 0 heterocycles. The van der Waals surface area contributed by atoms with Crippen molar-refractivity contribution in [3.63, 3.8) is 0 Å². The number of hydrogen-bond donors (Lipinski definition) is 1. The minimum Gasteiger partial charge on any atom is -0.353 e. The third-order valence-corrected chi connectivity index (χ3v) is 3.76. The van der Waals surface area contributed by atoms with E-state index in [2.05, 4.69) is 67.3 Å². The summed E-state index contributed by atoms with van der Waals surface area (Å²) >= 11 is 0. The summed E-state index contributed by atoms with van der Waals surface area (Å²) in [5.41, 5.74) is 2.70. The second kappa shape index (κ2) is 6.09. The molecule has 3 nitrogen and oxygen atoms in total. The molecule has 2 rings (SSSR count). The third-order valence-electron chi connectivity index (χ3n) is 3.76. The van der Waals surface area contributed by atoms with Crippen molar-refractivity contribution >= 4 is 5.96 Å². The van der Waals surface area contributed by atoms with Gasteiger partial charge in [0.1, 0.15) is 0 Å². The van der Waals surface area contributed by atoms with Crippen LogP contribution in [0.1, 0.15) is 31.4 Å². The van der Waals surface area contributed by atoms with Crippen molar-refractivity contribution in [2.24, 2.45) is 10.9 Å². The molecule has 1 aliphatic rings. The van der Waals surface area contributed by atoms with Crippen molar-refractivity contribution in [3.05, 3.63) is 35.4 Å². The van der Waals surface area contributed by atoms with E-state index in [-0.39, 0.29) is 0 Å². The third kappa shape index (κ3) is 3.72. The van der Waals surface area contributed by atoms with Crippen molar-refractivity contribution in [3.8, 4) is 0 Å². The fourth-order valence-corrected chi connectivity index (χ4v) is 2.23. The Hall–Kier alpha value is -1.51. The van der Waals surface area contributed by atoms with Gasteiger partial charge in [-0.15, -0.1) is 0 Å². The maximum Gasteiger partial charge on any atom is 0.194 e. The largest absolute Gasteiger partial charge is 0.353 e. The lowest BCUT2D eigenvalue weighted by molar-refractivity contribution is 0.472. The van der Waals surface area contributed by atoms with Gasteiger partial charge in [0.05, 0.1) is 0 Å². The summed E-state index contributed by atoms with van der Waals surface area (Å²) in [5.74, 6) is 1.81. The Morgan fingerprint density at radius 1 is 1.42 bits per heavy atom. The minimum atomic E-state index is 0.615. The van der Waals surface area contributed by atoms with Gasteiger partial charge in [0.25, 0.3) is 0 Å².